The van der Waals surface area contributed by atoms with Crippen LogP contribution in [0, 0.1) is 0 Å². The fraction of sp³-hybridized carbons (Fsp3) is 0.125. The lowest BCUT2D eigenvalue weighted by Crippen LogP contribution is -2.14. The van der Waals surface area contributed by atoms with E-state index in [9.17, 15) is 8.42 Å². The predicted molar refractivity (Wildman–Crippen MR) is 122 cm³/mol. The summed E-state index contributed by atoms with van der Waals surface area (Å²) in [6, 6.07) is 25.4. The fourth-order valence-electron chi connectivity index (χ4n) is 3.47. The van der Waals surface area contributed by atoms with Gasteiger partial charge in [-0.1, -0.05) is 60.7 Å². The van der Waals surface area contributed by atoms with Crippen molar-refractivity contribution < 1.29 is 8.42 Å². The van der Waals surface area contributed by atoms with Crippen LogP contribution in [0.2, 0.25) is 0 Å². The van der Waals surface area contributed by atoms with Crippen LogP contribution in [-0.2, 0) is 29.7 Å². The number of nitrogens with two attached hydrogens (primary N) is 1. The summed E-state index contributed by atoms with van der Waals surface area (Å²) in [4.78, 5) is 0.123. The maximum atomic E-state index is 11.4. The van der Waals surface area contributed by atoms with Crippen LogP contribution in [0.25, 0.3) is 11.1 Å². The van der Waals surface area contributed by atoms with E-state index >= 15 is 0 Å². The van der Waals surface area contributed by atoms with Gasteiger partial charge in [0.1, 0.15) is 0 Å². The average Bonchev–Trinajstić information content (AvgIpc) is 3.28. The number of benzene rings is 3. The van der Waals surface area contributed by atoms with Gasteiger partial charge >= 0.3 is 0 Å². The second-order valence-corrected chi connectivity index (χ2v) is 8.91. The molecule has 0 aliphatic heterocycles. The minimum Gasteiger partial charge on any atom is -0.309 e. The van der Waals surface area contributed by atoms with Gasteiger partial charge in [-0.3, -0.25) is 4.68 Å². The molecule has 1 heterocycles. The number of primary sulfonamides is 1. The number of hydrogen-bond acceptors (Lipinski definition) is 4. The summed E-state index contributed by atoms with van der Waals surface area (Å²) in [5.41, 5.74) is 5.74. The Hall–Kier alpha value is -3.26. The molecule has 0 fully saturated rings. The number of rotatable bonds is 8. The van der Waals surface area contributed by atoms with Crippen molar-refractivity contribution in [3.63, 3.8) is 0 Å². The molecule has 0 spiro atoms. The van der Waals surface area contributed by atoms with Crippen LogP contribution in [0.15, 0.2) is 96.2 Å². The van der Waals surface area contributed by atoms with E-state index in [2.05, 4.69) is 46.8 Å². The Morgan fingerprint density at radius 1 is 0.839 bits per heavy atom. The number of nitrogens with zero attached hydrogens (tertiary/aromatic N) is 2. The topological polar surface area (TPSA) is 90.0 Å². The van der Waals surface area contributed by atoms with E-state index < -0.39 is 10.0 Å². The van der Waals surface area contributed by atoms with Gasteiger partial charge in [-0.15, -0.1) is 0 Å². The van der Waals surface area contributed by atoms with Crippen molar-refractivity contribution in [2.75, 3.05) is 0 Å². The molecule has 0 saturated carbocycles. The number of aromatic nitrogens is 2. The van der Waals surface area contributed by atoms with Crippen molar-refractivity contribution >= 4 is 10.0 Å². The predicted octanol–water partition coefficient (Wildman–Crippen LogP) is 3.54. The molecular weight excluding hydrogens is 408 g/mol. The largest absolute Gasteiger partial charge is 0.309 e. The van der Waals surface area contributed by atoms with E-state index in [1.807, 2.05) is 29.1 Å². The maximum Gasteiger partial charge on any atom is 0.238 e. The third-order valence-corrected chi connectivity index (χ3v) is 6.01. The summed E-state index contributed by atoms with van der Waals surface area (Å²) < 4.78 is 24.7. The Morgan fingerprint density at radius 2 is 1.55 bits per heavy atom. The van der Waals surface area contributed by atoms with Gasteiger partial charge in [0, 0.05) is 25.5 Å². The third kappa shape index (κ3) is 5.46. The molecule has 0 amide bonds. The highest BCUT2D eigenvalue weighted by Gasteiger charge is 2.08. The summed E-state index contributed by atoms with van der Waals surface area (Å²) in [7, 11) is -3.66. The summed E-state index contributed by atoms with van der Waals surface area (Å²) in [5.74, 6) is 0. The fourth-order valence-corrected chi connectivity index (χ4v) is 3.98. The molecule has 0 aliphatic carbocycles. The highest BCUT2D eigenvalue weighted by Crippen LogP contribution is 2.24. The minimum atomic E-state index is -3.66. The molecule has 0 aliphatic rings. The second kappa shape index (κ2) is 9.26. The first-order valence-electron chi connectivity index (χ1n) is 9.96. The molecule has 3 aromatic carbocycles. The standard InChI is InChI=1S/C24H24N4O2S/c25-31(29,30)23-12-8-19(9-13-23)16-26-17-22-4-1-2-5-24(22)21-10-6-20(7-11-21)18-28-15-3-14-27-28/h1-15,26H,16-18H2,(H2,25,29,30). The van der Waals surface area contributed by atoms with Gasteiger partial charge in [-0.25, -0.2) is 13.6 Å². The summed E-state index contributed by atoms with van der Waals surface area (Å²) in [6.45, 7) is 2.07. The van der Waals surface area contributed by atoms with Gasteiger partial charge in [-0.2, -0.15) is 5.10 Å². The van der Waals surface area contributed by atoms with Crippen LogP contribution in [-0.4, -0.2) is 18.2 Å². The first-order chi connectivity index (χ1) is 15.0. The summed E-state index contributed by atoms with van der Waals surface area (Å²) in [6.07, 6.45) is 3.74. The zero-order valence-corrected chi connectivity index (χ0v) is 17.8. The van der Waals surface area contributed by atoms with Crippen LogP contribution in [0.5, 0.6) is 0 Å². The Kier molecular flexibility index (Phi) is 6.27. The molecule has 4 rings (SSSR count). The Bertz CT molecular complexity index is 1230. The lowest BCUT2D eigenvalue weighted by Gasteiger charge is -2.12. The van der Waals surface area contributed by atoms with Crippen molar-refractivity contribution in [1.29, 1.82) is 0 Å². The summed E-state index contributed by atoms with van der Waals surface area (Å²) in [5, 5.41) is 12.8. The average molecular weight is 433 g/mol. The molecule has 7 heteroatoms. The number of nitrogens with one attached hydrogen (secondary N) is 1. The van der Waals surface area contributed by atoms with Crippen LogP contribution in [0.3, 0.4) is 0 Å². The lowest BCUT2D eigenvalue weighted by molar-refractivity contribution is 0.597. The molecule has 0 unspecified atom stereocenters. The van der Waals surface area contributed by atoms with Gasteiger partial charge < -0.3 is 5.32 Å². The maximum absolute atomic E-state index is 11.4. The van der Waals surface area contributed by atoms with Crippen LogP contribution < -0.4 is 10.5 Å². The minimum absolute atomic E-state index is 0.123. The van der Waals surface area contributed by atoms with Crippen LogP contribution in [0.4, 0.5) is 0 Å². The normalized spacial score (nSPS) is 11.5. The third-order valence-electron chi connectivity index (χ3n) is 5.08. The Balaban J connectivity index is 1.41. The number of sulfonamides is 1. The Morgan fingerprint density at radius 3 is 2.23 bits per heavy atom. The molecule has 31 heavy (non-hydrogen) atoms. The summed E-state index contributed by atoms with van der Waals surface area (Å²) >= 11 is 0. The van der Waals surface area contributed by atoms with Gasteiger partial charge in [0.25, 0.3) is 0 Å². The molecule has 6 nitrogen and oxygen atoms in total. The van der Waals surface area contributed by atoms with Crippen molar-refractivity contribution in [2.24, 2.45) is 5.14 Å². The molecule has 0 atom stereocenters. The lowest BCUT2D eigenvalue weighted by atomic mass is 9.98. The van der Waals surface area contributed by atoms with E-state index in [1.54, 1.807) is 18.3 Å². The molecule has 0 bridgehead atoms. The first kappa shape index (κ1) is 21.0. The van der Waals surface area contributed by atoms with Crippen LogP contribution in [0.1, 0.15) is 16.7 Å². The van der Waals surface area contributed by atoms with E-state index in [4.69, 9.17) is 5.14 Å². The van der Waals surface area contributed by atoms with Gasteiger partial charge in [-0.05, 0) is 46.0 Å². The van der Waals surface area contributed by atoms with E-state index in [-0.39, 0.29) is 4.90 Å². The van der Waals surface area contributed by atoms with Gasteiger partial charge in [0.2, 0.25) is 10.0 Å². The second-order valence-electron chi connectivity index (χ2n) is 7.35. The smallest absolute Gasteiger partial charge is 0.238 e. The molecule has 0 saturated heterocycles. The van der Waals surface area contributed by atoms with Crippen molar-refractivity contribution in [3.05, 3.63) is 108 Å². The molecule has 4 aromatic rings. The van der Waals surface area contributed by atoms with Crippen LogP contribution >= 0.6 is 0 Å². The molecule has 1 aromatic heterocycles. The van der Waals surface area contributed by atoms with Crippen molar-refractivity contribution in [3.8, 4) is 11.1 Å². The Labute approximate surface area is 182 Å². The first-order valence-corrected chi connectivity index (χ1v) is 11.5. The highest BCUT2D eigenvalue weighted by molar-refractivity contribution is 7.89. The molecule has 3 N–H and O–H groups in total. The SMILES string of the molecule is NS(=O)(=O)c1ccc(CNCc2ccccc2-c2ccc(Cn3cccn3)cc2)cc1. The quantitative estimate of drug-likeness (QED) is 0.446. The zero-order chi connectivity index (χ0) is 21.7. The van der Waals surface area contributed by atoms with Crippen molar-refractivity contribution in [1.82, 2.24) is 15.1 Å². The van der Waals surface area contributed by atoms with Gasteiger partial charge in [0.15, 0.2) is 0 Å². The van der Waals surface area contributed by atoms with E-state index in [1.165, 1.54) is 34.4 Å². The van der Waals surface area contributed by atoms with E-state index in [0.29, 0.717) is 13.1 Å². The monoisotopic (exact) mass is 432 g/mol. The van der Waals surface area contributed by atoms with Gasteiger partial charge in [0.05, 0.1) is 11.4 Å². The van der Waals surface area contributed by atoms with Crippen molar-refractivity contribution in [2.45, 2.75) is 24.5 Å². The highest BCUT2D eigenvalue weighted by atomic mass is 32.2. The van der Waals surface area contributed by atoms with E-state index in [0.717, 1.165) is 12.1 Å². The number of hydrogen-bond donors (Lipinski definition) is 2. The molecule has 0 radical (unpaired) electrons. The molecule has 158 valence electrons. The zero-order valence-electron chi connectivity index (χ0n) is 17.0. The molecular formula is C24H24N4O2S.